The van der Waals surface area contributed by atoms with Crippen molar-refractivity contribution >= 4 is 28.5 Å². The van der Waals surface area contributed by atoms with Gasteiger partial charge in [0.1, 0.15) is 5.75 Å². The van der Waals surface area contributed by atoms with Gasteiger partial charge in [0.15, 0.2) is 0 Å². The van der Waals surface area contributed by atoms with E-state index in [-0.39, 0.29) is 17.2 Å². The topological polar surface area (TPSA) is 67.2 Å². The average molecular weight is 371 g/mol. The number of phenols is 1. The van der Waals surface area contributed by atoms with Gasteiger partial charge in [0.05, 0.1) is 11.3 Å². The van der Waals surface area contributed by atoms with E-state index < -0.39 is 0 Å². The molecule has 0 bridgehead atoms. The molecule has 1 amide bonds. The third-order valence-corrected chi connectivity index (χ3v) is 3.43. The number of nitrogens with zero attached hydrogens (tertiary/aromatic N) is 2. The van der Waals surface area contributed by atoms with Crippen molar-refractivity contribution in [1.29, 1.82) is 0 Å². The Balaban J connectivity index is 2.09. The number of nitrogens with one attached hydrogen (secondary N) is 1. The molecule has 0 radical (unpaired) electrons. The zero-order valence-corrected chi connectivity index (χ0v) is 12.8. The molecule has 0 aliphatic carbocycles. The van der Waals surface area contributed by atoms with Crippen LogP contribution in [-0.4, -0.2) is 20.8 Å². The fourth-order valence-electron chi connectivity index (χ4n) is 1.78. The second-order valence-electron chi connectivity index (χ2n) is 4.26. The van der Waals surface area contributed by atoms with E-state index in [0.29, 0.717) is 6.54 Å². The van der Waals surface area contributed by atoms with Crippen LogP contribution in [0.25, 0.3) is 0 Å². The minimum Gasteiger partial charge on any atom is -0.507 e. The molecule has 2 N–H and O–H groups in total. The highest BCUT2D eigenvalue weighted by Gasteiger charge is 2.12. The summed E-state index contributed by atoms with van der Waals surface area (Å²) < 4.78 is 2.61. The molecule has 0 aliphatic heterocycles. The molecule has 2 rings (SSSR count). The molecule has 0 unspecified atom stereocenters. The van der Waals surface area contributed by atoms with Crippen molar-refractivity contribution in [2.75, 3.05) is 0 Å². The first-order valence-corrected chi connectivity index (χ1v) is 6.81. The first kappa shape index (κ1) is 13.9. The summed E-state index contributed by atoms with van der Waals surface area (Å²) in [5, 5.41) is 16.7. The summed E-state index contributed by atoms with van der Waals surface area (Å²) in [5.74, 6) is -0.305. The summed E-state index contributed by atoms with van der Waals surface area (Å²) in [6, 6.07) is 4.92. The Hall–Kier alpha value is -1.57. The van der Waals surface area contributed by atoms with Crippen LogP contribution in [0.1, 0.15) is 21.6 Å². The van der Waals surface area contributed by atoms with Crippen molar-refractivity contribution in [3.63, 3.8) is 0 Å². The highest BCUT2D eigenvalue weighted by atomic mass is 127. The zero-order chi connectivity index (χ0) is 14.0. The van der Waals surface area contributed by atoms with Gasteiger partial charge in [-0.2, -0.15) is 5.10 Å². The van der Waals surface area contributed by atoms with Crippen LogP contribution in [0.15, 0.2) is 24.4 Å². The Morgan fingerprint density at radius 3 is 2.89 bits per heavy atom. The van der Waals surface area contributed by atoms with Gasteiger partial charge in [-0.1, -0.05) is 0 Å². The second-order valence-corrected chi connectivity index (χ2v) is 5.50. The van der Waals surface area contributed by atoms with E-state index in [9.17, 15) is 9.90 Å². The van der Waals surface area contributed by atoms with Crippen LogP contribution in [0.5, 0.6) is 5.75 Å². The van der Waals surface area contributed by atoms with Crippen LogP contribution in [0.3, 0.4) is 0 Å². The number of carbonyl (C=O) groups excluding carboxylic acids is 1. The molecular weight excluding hydrogens is 357 g/mol. The lowest BCUT2D eigenvalue weighted by Crippen LogP contribution is -2.23. The molecule has 6 heteroatoms. The number of hydrogen-bond acceptors (Lipinski definition) is 3. The predicted molar refractivity (Wildman–Crippen MR) is 79.9 cm³/mol. The summed E-state index contributed by atoms with van der Waals surface area (Å²) in [7, 11) is 1.84. The molecule has 1 aromatic heterocycles. The first-order chi connectivity index (χ1) is 8.97. The summed E-state index contributed by atoms with van der Waals surface area (Å²) in [6.45, 7) is 2.29. The number of hydrogen-bond donors (Lipinski definition) is 2. The lowest BCUT2D eigenvalue weighted by molar-refractivity contribution is 0.0948. The van der Waals surface area contributed by atoms with E-state index in [4.69, 9.17) is 0 Å². The number of amides is 1. The molecule has 0 aliphatic rings. The third kappa shape index (κ3) is 3.25. The molecule has 1 heterocycles. The molecule has 0 spiro atoms. The molecule has 0 fully saturated rings. The molecule has 2 aromatic rings. The number of rotatable bonds is 3. The zero-order valence-electron chi connectivity index (χ0n) is 10.6. The predicted octanol–water partition coefficient (Wildman–Crippen LogP) is 1.97. The van der Waals surface area contributed by atoms with E-state index >= 15 is 0 Å². The molecule has 5 nitrogen and oxygen atoms in total. The molecule has 100 valence electrons. The monoisotopic (exact) mass is 371 g/mol. The number of aromatic nitrogens is 2. The van der Waals surface area contributed by atoms with Gasteiger partial charge >= 0.3 is 0 Å². The maximum atomic E-state index is 12.0. The fourth-order valence-corrected chi connectivity index (χ4v) is 2.27. The van der Waals surface area contributed by atoms with E-state index in [1.165, 1.54) is 6.07 Å². The average Bonchev–Trinajstić information content (AvgIpc) is 2.68. The van der Waals surface area contributed by atoms with Gasteiger partial charge in [0.2, 0.25) is 0 Å². The highest BCUT2D eigenvalue weighted by molar-refractivity contribution is 14.1. The van der Waals surface area contributed by atoms with Crippen LogP contribution >= 0.6 is 22.6 Å². The Morgan fingerprint density at radius 1 is 1.53 bits per heavy atom. The summed E-state index contributed by atoms with van der Waals surface area (Å²) in [5.41, 5.74) is 2.13. The smallest absolute Gasteiger partial charge is 0.255 e. The molecule has 19 heavy (non-hydrogen) atoms. The normalized spacial score (nSPS) is 10.5. The van der Waals surface area contributed by atoms with Gasteiger partial charge in [-0.25, -0.2) is 0 Å². The van der Waals surface area contributed by atoms with Gasteiger partial charge in [-0.05, 0) is 47.7 Å². The molecule has 1 aromatic carbocycles. The number of halogens is 1. The Labute approximate surface area is 124 Å². The SMILES string of the molecule is Cc1nn(C)cc1CNC(=O)c1cc(I)ccc1O. The second kappa shape index (κ2) is 5.60. The summed E-state index contributed by atoms with van der Waals surface area (Å²) >= 11 is 2.10. The van der Waals surface area contributed by atoms with Crippen LogP contribution in [0.4, 0.5) is 0 Å². The third-order valence-electron chi connectivity index (χ3n) is 2.76. The number of benzene rings is 1. The van der Waals surface area contributed by atoms with Crippen molar-refractivity contribution in [2.24, 2.45) is 7.05 Å². The Kier molecular flexibility index (Phi) is 4.08. The maximum absolute atomic E-state index is 12.0. The van der Waals surface area contributed by atoms with Crippen molar-refractivity contribution < 1.29 is 9.90 Å². The first-order valence-electron chi connectivity index (χ1n) is 5.73. The maximum Gasteiger partial charge on any atom is 0.255 e. The van der Waals surface area contributed by atoms with Crippen LogP contribution in [0.2, 0.25) is 0 Å². The van der Waals surface area contributed by atoms with Gasteiger partial charge in [0, 0.05) is 28.9 Å². The number of aryl methyl sites for hydroxylation is 2. The van der Waals surface area contributed by atoms with Crippen molar-refractivity contribution in [3.8, 4) is 5.75 Å². The van der Waals surface area contributed by atoms with E-state index in [1.807, 2.05) is 20.2 Å². The van der Waals surface area contributed by atoms with Crippen molar-refractivity contribution in [2.45, 2.75) is 13.5 Å². The highest BCUT2D eigenvalue weighted by Crippen LogP contribution is 2.19. The van der Waals surface area contributed by atoms with Crippen LogP contribution in [-0.2, 0) is 13.6 Å². The van der Waals surface area contributed by atoms with Gasteiger partial charge in [-0.15, -0.1) is 0 Å². The van der Waals surface area contributed by atoms with Crippen molar-refractivity contribution in [3.05, 3.63) is 44.8 Å². The van der Waals surface area contributed by atoms with Gasteiger partial charge in [0.25, 0.3) is 5.91 Å². The summed E-state index contributed by atoms with van der Waals surface area (Å²) in [6.07, 6.45) is 1.87. The summed E-state index contributed by atoms with van der Waals surface area (Å²) in [4.78, 5) is 12.0. The van der Waals surface area contributed by atoms with Crippen LogP contribution < -0.4 is 5.32 Å². The van der Waals surface area contributed by atoms with Gasteiger partial charge < -0.3 is 10.4 Å². The van der Waals surface area contributed by atoms with E-state index in [0.717, 1.165) is 14.8 Å². The minimum absolute atomic E-state index is 0.0131. The Morgan fingerprint density at radius 2 is 2.26 bits per heavy atom. The quantitative estimate of drug-likeness (QED) is 0.811. The molecular formula is C13H14IN3O2. The Bertz CT molecular complexity index is 622. The molecule has 0 atom stereocenters. The van der Waals surface area contributed by atoms with Gasteiger partial charge in [-0.3, -0.25) is 9.48 Å². The minimum atomic E-state index is -0.292. The lowest BCUT2D eigenvalue weighted by atomic mass is 10.2. The number of phenolic OH excluding ortho intramolecular Hbond substituents is 1. The van der Waals surface area contributed by atoms with Crippen LogP contribution in [0, 0.1) is 10.5 Å². The van der Waals surface area contributed by atoms with E-state index in [2.05, 4.69) is 33.0 Å². The molecule has 0 saturated carbocycles. The number of aromatic hydroxyl groups is 1. The lowest BCUT2D eigenvalue weighted by Gasteiger charge is -2.06. The largest absolute Gasteiger partial charge is 0.507 e. The fraction of sp³-hybridized carbons (Fsp3) is 0.231. The number of carbonyl (C=O) groups is 1. The standard InChI is InChI=1S/C13H14IN3O2/c1-8-9(7-17(2)16-8)6-15-13(19)11-5-10(14)3-4-12(11)18/h3-5,7,18H,6H2,1-2H3,(H,15,19). The molecule has 0 saturated heterocycles. The van der Waals surface area contributed by atoms with Crippen molar-refractivity contribution in [1.82, 2.24) is 15.1 Å². The van der Waals surface area contributed by atoms with E-state index in [1.54, 1.807) is 16.8 Å².